The molecule has 3 aromatic rings. The van der Waals surface area contributed by atoms with E-state index in [4.69, 9.17) is 16.0 Å². The van der Waals surface area contributed by atoms with Gasteiger partial charge in [-0.15, -0.1) is 11.3 Å². The van der Waals surface area contributed by atoms with Gasteiger partial charge in [0.1, 0.15) is 17.4 Å². The number of rotatable bonds is 3. The second-order valence-corrected chi connectivity index (χ2v) is 5.90. The van der Waals surface area contributed by atoms with Crippen LogP contribution in [0.1, 0.15) is 22.2 Å². The molecule has 3 rings (SSSR count). The monoisotopic (exact) mass is 291 g/mol. The van der Waals surface area contributed by atoms with Crippen molar-refractivity contribution in [3.05, 3.63) is 56.9 Å². The Morgan fingerprint density at radius 3 is 2.79 bits per heavy atom. The quantitative estimate of drug-likeness (QED) is 0.752. The number of hydrogen-bond acceptors (Lipinski definition) is 3. The van der Waals surface area contributed by atoms with Crippen LogP contribution in [0, 0.1) is 6.92 Å². The molecule has 0 aliphatic heterocycles. The molecule has 2 heterocycles. The largest absolute Gasteiger partial charge is 0.459 e. The van der Waals surface area contributed by atoms with Gasteiger partial charge in [0, 0.05) is 10.3 Å². The smallest absolute Gasteiger partial charge is 0.134 e. The van der Waals surface area contributed by atoms with Crippen LogP contribution in [-0.4, -0.2) is 7.05 Å². The number of fused-ring (bicyclic) bond motifs is 1. The van der Waals surface area contributed by atoms with Crippen molar-refractivity contribution in [2.75, 3.05) is 7.05 Å². The highest BCUT2D eigenvalue weighted by Crippen LogP contribution is 2.35. The van der Waals surface area contributed by atoms with Crippen molar-refractivity contribution in [1.82, 2.24) is 5.32 Å². The third kappa shape index (κ3) is 2.29. The second kappa shape index (κ2) is 5.00. The summed E-state index contributed by atoms with van der Waals surface area (Å²) in [6, 6.07) is 10.2. The van der Waals surface area contributed by atoms with E-state index in [1.807, 2.05) is 24.6 Å². The van der Waals surface area contributed by atoms with Crippen LogP contribution in [0.25, 0.3) is 11.0 Å². The number of aryl methyl sites for hydroxylation is 1. The van der Waals surface area contributed by atoms with Gasteiger partial charge >= 0.3 is 0 Å². The number of benzene rings is 1. The fourth-order valence-corrected chi connectivity index (χ4v) is 3.52. The topological polar surface area (TPSA) is 25.2 Å². The van der Waals surface area contributed by atoms with Crippen molar-refractivity contribution in [2.45, 2.75) is 13.0 Å². The average Bonchev–Trinajstić information content (AvgIpc) is 2.97. The van der Waals surface area contributed by atoms with E-state index in [0.717, 1.165) is 26.6 Å². The molecule has 0 saturated carbocycles. The van der Waals surface area contributed by atoms with Crippen molar-refractivity contribution < 1.29 is 4.42 Å². The standard InChI is InChI=1S/C15H14ClNOS/c1-9-3-4-12-10(7-9)8-13(18-12)14(17-2)15-11(16)5-6-19-15/h3-8,14,17H,1-2H3. The minimum atomic E-state index is 0.000191. The fourth-order valence-electron chi connectivity index (χ4n) is 2.24. The molecule has 0 aliphatic carbocycles. The van der Waals surface area contributed by atoms with Crippen LogP contribution >= 0.6 is 22.9 Å². The van der Waals surface area contributed by atoms with Gasteiger partial charge in [-0.05, 0) is 43.6 Å². The van der Waals surface area contributed by atoms with Crippen LogP contribution < -0.4 is 5.32 Å². The Morgan fingerprint density at radius 1 is 1.26 bits per heavy atom. The number of halogens is 1. The Kier molecular flexibility index (Phi) is 3.35. The van der Waals surface area contributed by atoms with Crippen molar-refractivity contribution in [3.8, 4) is 0 Å². The zero-order chi connectivity index (χ0) is 13.4. The Bertz CT molecular complexity index is 716. The molecule has 0 saturated heterocycles. The van der Waals surface area contributed by atoms with E-state index < -0.39 is 0 Å². The average molecular weight is 292 g/mol. The summed E-state index contributed by atoms with van der Waals surface area (Å²) < 4.78 is 5.94. The van der Waals surface area contributed by atoms with Crippen LogP contribution in [0.4, 0.5) is 0 Å². The molecule has 1 aromatic carbocycles. The summed E-state index contributed by atoms with van der Waals surface area (Å²) in [7, 11) is 1.92. The predicted octanol–water partition coefficient (Wildman–Crippen LogP) is 4.76. The summed E-state index contributed by atoms with van der Waals surface area (Å²) >= 11 is 7.85. The Hall–Kier alpha value is -1.29. The zero-order valence-corrected chi connectivity index (χ0v) is 12.3. The van der Waals surface area contributed by atoms with Gasteiger partial charge in [-0.1, -0.05) is 23.2 Å². The van der Waals surface area contributed by atoms with E-state index in [1.54, 1.807) is 11.3 Å². The number of nitrogens with one attached hydrogen (secondary N) is 1. The van der Waals surface area contributed by atoms with Gasteiger partial charge in [-0.3, -0.25) is 0 Å². The molecule has 1 N–H and O–H groups in total. The summed E-state index contributed by atoms with van der Waals surface area (Å²) in [6.07, 6.45) is 0. The lowest BCUT2D eigenvalue weighted by atomic mass is 10.1. The maximum Gasteiger partial charge on any atom is 0.134 e. The molecule has 98 valence electrons. The molecule has 0 radical (unpaired) electrons. The molecule has 0 bridgehead atoms. The third-order valence-electron chi connectivity index (χ3n) is 3.17. The van der Waals surface area contributed by atoms with Crippen molar-refractivity contribution >= 4 is 33.9 Å². The number of thiophene rings is 1. The molecule has 4 heteroatoms. The third-order valence-corrected chi connectivity index (χ3v) is 4.59. The fraction of sp³-hybridized carbons (Fsp3) is 0.200. The van der Waals surface area contributed by atoms with Crippen LogP contribution in [0.3, 0.4) is 0 Å². The number of hydrogen-bond donors (Lipinski definition) is 1. The summed E-state index contributed by atoms with van der Waals surface area (Å²) in [5.74, 6) is 0.896. The van der Waals surface area contributed by atoms with Crippen molar-refractivity contribution in [2.24, 2.45) is 0 Å². The molecule has 0 fully saturated rings. The highest BCUT2D eigenvalue weighted by molar-refractivity contribution is 7.10. The summed E-state index contributed by atoms with van der Waals surface area (Å²) in [5, 5.41) is 7.17. The first-order valence-corrected chi connectivity index (χ1v) is 7.35. The van der Waals surface area contributed by atoms with Gasteiger partial charge < -0.3 is 9.73 Å². The van der Waals surface area contributed by atoms with Gasteiger partial charge in [0.2, 0.25) is 0 Å². The summed E-state index contributed by atoms with van der Waals surface area (Å²) in [5.41, 5.74) is 2.14. The van der Waals surface area contributed by atoms with E-state index in [-0.39, 0.29) is 6.04 Å². The van der Waals surface area contributed by atoms with E-state index in [0.29, 0.717) is 0 Å². The van der Waals surface area contributed by atoms with E-state index in [1.165, 1.54) is 5.56 Å². The maximum atomic E-state index is 6.22. The van der Waals surface area contributed by atoms with Gasteiger partial charge in [0.25, 0.3) is 0 Å². The van der Waals surface area contributed by atoms with Crippen molar-refractivity contribution in [3.63, 3.8) is 0 Å². The van der Waals surface area contributed by atoms with Crippen LogP contribution in [0.2, 0.25) is 5.02 Å². The van der Waals surface area contributed by atoms with E-state index in [9.17, 15) is 0 Å². The van der Waals surface area contributed by atoms with E-state index >= 15 is 0 Å². The normalized spacial score (nSPS) is 13.0. The molecule has 0 aliphatic rings. The maximum absolute atomic E-state index is 6.22. The lowest BCUT2D eigenvalue weighted by molar-refractivity contribution is 0.495. The molecule has 0 amide bonds. The number of furan rings is 1. The molecule has 2 aromatic heterocycles. The van der Waals surface area contributed by atoms with Gasteiger partial charge in [-0.2, -0.15) is 0 Å². The van der Waals surface area contributed by atoms with Gasteiger partial charge in [-0.25, -0.2) is 0 Å². The Balaban J connectivity index is 2.09. The van der Waals surface area contributed by atoms with Crippen LogP contribution in [0.15, 0.2) is 40.1 Å². The molecule has 1 atom stereocenters. The van der Waals surface area contributed by atoms with Crippen LogP contribution in [-0.2, 0) is 0 Å². The molecular weight excluding hydrogens is 278 g/mol. The Labute approximate surface area is 121 Å². The highest BCUT2D eigenvalue weighted by atomic mass is 35.5. The minimum Gasteiger partial charge on any atom is -0.459 e. The predicted molar refractivity (Wildman–Crippen MR) is 81.2 cm³/mol. The molecule has 2 nitrogen and oxygen atoms in total. The van der Waals surface area contributed by atoms with Gasteiger partial charge in [0.05, 0.1) is 5.02 Å². The lowest BCUT2D eigenvalue weighted by Gasteiger charge is -2.11. The summed E-state index contributed by atoms with van der Waals surface area (Å²) in [4.78, 5) is 1.08. The Morgan fingerprint density at radius 2 is 2.11 bits per heavy atom. The molecule has 0 spiro atoms. The molecule has 19 heavy (non-hydrogen) atoms. The second-order valence-electron chi connectivity index (χ2n) is 4.54. The zero-order valence-electron chi connectivity index (χ0n) is 10.7. The van der Waals surface area contributed by atoms with Crippen LogP contribution in [0.5, 0.6) is 0 Å². The van der Waals surface area contributed by atoms with Gasteiger partial charge in [0.15, 0.2) is 0 Å². The van der Waals surface area contributed by atoms with Crippen molar-refractivity contribution in [1.29, 1.82) is 0 Å². The first kappa shape index (κ1) is 12.7. The first-order valence-electron chi connectivity index (χ1n) is 6.09. The highest BCUT2D eigenvalue weighted by Gasteiger charge is 2.20. The molecular formula is C15H14ClNOS. The molecule has 1 unspecified atom stereocenters. The summed E-state index contributed by atoms with van der Waals surface area (Å²) in [6.45, 7) is 2.08. The first-order chi connectivity index (χ1) is 9.19. The lowest BCUT2D eigenvalue weighted by Crippen LogP contribution is -2.15. The minimum absolute atomic E-state index is 0.000191. The SMILES string of the molecule is CNC(c1cc2cc(C)ccc2o1)c1sccc1Cl. The van der Waals surface area contributed by atoms with E-state index in [2.05, 4.69) is 30.4 Å².